The van der Waals surface area contributed by atoms with Gasteiger partial charge >= 0.3 is 6.18 Å². The van der Waals surface area contributed by atoms with E-state index in [2.05, 4.69) is 6.92 Å². The van der Waals surface area contributed by atoms with E-state index in [-0.39, 0.29) is 12.3 Å². The van der Waals surface area contributed by atoms with E-state index in [0.717, 1.165) is 25.0 Å². The fourth-order valence-corrected chi connectivity index (χ4v) is 3.36. The van der Waals surface area contributed by atoms with Gasteiger partial charge in [-0.15, -0.1) is 0 Å². The number of rotatable bonds is 11. The Morgan fingerprint density at radius 3 is 2.29 bits per heavy atom. The summed E-state index contributed by atoms with van der Waals surface area (Å²) in [5.74, 6) is 2.16. The molecule has 8 heteroatoms. The van der Waals surface area contributed by atoms with E-state index < -0.39 is 18.0 Å². The number of aliphatic hydroxyl groups is 2. The van der Waals surface area contributed by atoms with Crippen LogP contribution >= 0.6 is 0 Å². The molecule has 34 heavy (non-hydrogen) atoms. The number of aliphatic hydroxyl groups excluding tert-OH is 1. The van der Waals surface area contributed by atoms with Gasteiger partial charge in [0, 0.05) is 18.4 Å². The zero-order valence-electron chi connectivity index (χ0n) is 18.9. The van der Waals surface area contributed by atoms with Crippen LogP contribution in [0.3, 0.4) is 0 Å². The number of benzene rings is 2. The van der Waals surface area contributed by atoms with Crippen molar-refractivity contribution in [2.24, 2.45) is 5.92 Å². The van der Waals surface area contributed by atoms with Crippen molar-refractivity contribution in [2.75, 3.05) is 13.2 Å². The third-order valence-electron chi connectivity index (χ3n) is 5.16. The van der Waals surface area contributed by atoms with Crippen LogP contribution in [0, 0.1) is 5.92 Å². The third kappa shape index (κ3) is 8.11. The van der Waals surface area contributed by atoms with E-state index in [1.165, 1.54) is 12.1 Å². The molecule has 5 nitrogen and oxygen atoms in total. The van der Waals surface area contributed by atoms with Crippen molar-refractivity contribution >= 4 is 0 Å². The van der Waals surface area contributed by atoms with E-state index >= 15 is 0 Å². The second-order valence-electron chi connectivity index (χ2n) is 8.10. The Bertz CT molecular complexity index is 981. The minimum Gasteiger partial charge on any atom is -0.493 e. The van der Waals surface area contributed by atoms with Gasteiger partial charge in [-0.05, 0) is 67.0 Å². The second kappa shape index (κ2) is 11.9. The number of halogens is 3. The first-order chi connectivity index (χ1) is 16.2. The smallest absolute Gasteiger partial charge is 0.416 e. The Kier molecular flexibility index (Phi) is 9.01. The highest BCUT2D eigenvalue weighted by Crippen LogP contribution is 2.31. The van der Waals surface area contributed by atoms with Gasteiger partial charge in [0.25, 0.3) is 0 Å². The molecule has 0 aromatic heterocycles. The fourth-order valence-electron chi connectivity index (χ4n) is 3.36. The predicted molar refractivity (Wildman–Crippen MR) is 122 cm³/mol. The molecule has 0 bridgehead atoms. The largest absolute Gasteiger partial charge is 0.493 e. The number of alkyl halides is 3. The first kappa shape index (κ1) is 25.6. The monoisotopic (exact) mass is 478 g/mol. The van der Waals surface area contributed by atoms with Crippen LogP contribution in [-0.4, -0.2) is 29.7 Å². The van der Waals surface area contributed by atoms with Gasteiger partial charge in [-0.25, -0.2) is 0 Å². The quantitative estimate of drug-likeness (QED) is 0.323. The summed E-state index contributed by atoms with van der Waals surface area (Å²) in [4.78, 5) is 0. The summed E-state index contributed by atoms with van der Waals surface area (Å²) < 4.78 is 55.4. The molecule has 184 valence electrons. The first-order valence-corrected chi connectivity index (χ1v) is 11.2. The molecule has 0 radical (unpaired) electrons. The molecule has 2 aromatic rings. The molecular formula is C26H29F3O5. The summed E-state index contributed by atoms with van der Waals surface area (Å²) in [5, 5.41) is 18.6. The summed E-state index contributed by atoms with van der Waals surface area (Å²) in [6, 6.07) is 9.88. The first-order valence-electron chi connectivity index (χ1n) is 11.2. The lowest BCUT2D eigenvalue weighted by Crippen LogP contribution is -2.13. The molecule has 1 aliphatic rings. The molecule has 0 amide bonds. The molecule has 0 spiro atoms. The van der Waals surface area contributed by atoms with Crippen molar-refractivity contribution in [1.29, 1.82) is 0 Å². The molecule has 0 saturated heterocycles. The highest BCUT2D eigenvalue weighted by molar-refractivity contribution is 5.39. The molecule has 1 aliphatic carbocycles. The van der Waals surface area contributed by atoms with Gasteiger partial charge in [0.05, 0.1) is 18.8 Å². The molecule has 2 aromatic carbocycles. The fraction of sp³-hybridized carbons (Fsp3) is 0.385. The average molecular weight is 479 g/mol. The van der Waals surface area contributed by atoms with Crippen molar-refractivity contribution in [1.82, 2.24) is 0 Å². The van der Waals surface area contributed by atoms with Crippen LogP contribution in [0.2, 0.25) is 0 Å². The summed E-state index contributed by atoms with van der Waals surface area (Å²) in [5.41, 5.74) is -0.0213. The number of ether oxygens (including phenoxy) is 3. The Morgan fingerprint density at radius 2 is 1.71 bits per heavy atom. The zero-order chi connectivity index (χ0) is 24.6. The van der Waals surface area contributed by atoms with Crippen LogP contribution in [-0.2, 0) is 12.6 Å². The van der Waals surface area contributed by atoms with Crippen LogP contribution in [0.25, 0.3) is 0 Å². The van der Waals surface area contributed by atoms with Crippen LogP contribution in [0.1, 0.15) is 37.3 Å². The van der Waals surface area contributed by atoms with Crippen molar-refractivity contribution in [2.45, 2.75) is 45.1 Å². The van der Waals surface area contributed by atoms with Gasteiger partial charge in [-0.3, -0.25) is 0 Å². The maximum atomic E-state index is 12.7. The topological polar surface area (TPSA) is 68.2 Å². The van der Waals surface area contributed by atoms with Gasteiger partial charge in [-0.1, -0.05) is 19.4 Å². The van der Waals surface area contributed by atoms with Crippen LogP contribution in [0.15, 0.2) is 66.5 Å². The van der Waals surface area contributed by atoms with Gasteiger partial charge in [0.15, 0.2) is 6.29 Å². The lowest BCUT2D eigenvalue weighted by molar-refractivity contribution is -0.137. The molecular weight excluding hydrogens is 449 g/mol. The SMILES string of the molecule is CCCCOc1cc(CC(O)O)cc(OCC2C=CC(Oc3ccc(C(F)(F)F)cc3)=CC2)c1. The van der Waals surface area contributed by atoms with Gasteiger partial charge in [0.2, 0.25) is 0 Å². The van der Waals surface area contributed by atoms with E-state index in [1.54, 1.807) is 24.3 Å². The summed E-state index contributed by atoms with van der Waals surface area (Å²) in [6.07, 6.45) is 2.35. The molecule has 1 atom stereocenters. The molecule has 3 rings (SSSR count). The highest BCUT2D eigenvalue weighted by Gasteiger charge is 2.30. The van der Waals surface area contributed by atoms with E-state index in [1.807, 2.05) is 12.2 Å². The summed E-state index contributed by atoms with van der Waals surface area (Å²) >= 11 is 0. The lowest BCUT2D eigenvalue weighted by Gasteiger charge is -2.18. The number of hydrogen-bond donors (Lipinski definition) is 2. The van der Waals surface area contributed by atoms with Crippen LogP contribution < -0.4 is 14.2 Å². The third-order valence-corrected chi connectivity index (χ3v) is 5.16. The predicted octanol–water partition coefficient (Wildman–Crippen LogP) is 5.66. The average Bonchev–Trinajstić information content (AvgIpc) is 2.78. The van der Waals surface area contributed by atoms with Crippen LogP contribution in [0.4, 0.5) is 13.2 Å². The minimum atomic E-state index is -4.38. The second-order valence-corrected chi connectivity index (χ2v) is 8.10. The van der Waals surface area contributed by atoms with Crippen molar-refractivity contribution < 1.29 is 37.6 Å². The van der Waals surface area contributed by atoms with Crippen molar-refractivity contribution in [3.05, 3.63) is 77.6 Å². The maximum absolute atomic E-state index is 12.7. The van der Waals surface area contributed by atoms with Gasteiger partial charge in [-0.2, -0.15) is 13.2 Å². The van der Waals surface area contributed by atoms with Crippen molar-refractivity contribution in [3.8, 4) is 17.2 Å². The number of allylic oxidation sites excluding steroid dienone is 2. The normalized spacial score (nSPS) is 15.9. The Labute approximate surface area is 197 Å². The van der Waals surface area contributed by atoms with E-state index in [0.29, 0.717) is 48.2 Å². The molecule has 1 unspecified atom stereocenters. The Balaban J connectivity index is 1.54. The van der Waals surface area contributed by atoms with Gasteiger partial charge < -0.3 is 24.4 Å². The Morgan fingerprint density at radius 1 is 1.00 bits per heavy atom. The molecule has 0 heterocycles. The Hall–Kier alpha value is -2.97. The van der Waals surface area contributed by atoms with E-state index in [9.17, 15) is 23.4 Å². The number of hydrogen-bond acceptors (Lipinski definition) is 5. The minimum absolute atomic E-state index is 0.0675. The molecule has 0 aliphatic heterocycles. The molecule has 2 N–H and O–H groups in total. The summed E-state index contributed by atoms with van der Waals surface area (Å²) in [6.45, 7) is 3.03. The zero-order valence-corrected chi connectivity index (χ0v) is 18.9. The van der Waals surface area contributed by atoms with Crippen molar-refractivity contribution in [3.63, 3.8) is 0 Å². The standard InChI is InChI=1S/C26H29F3O5/c1-2-3-12-32-23-13-19(15-25(30)31)14-24(16-23)33-17-18-4-8-21(9-5-18)34-22-10-6-20(7-11-22)26(27,28)29/h4,6-11,13-14,16,18,25,30-31H,2-3,5,12,15,17H2,1H3. The maximum Gasteiger partial charge on any atom is 0.416 e. The van der Waals surface area contributed by atoms with Crippen LogP contribution in [0.5, 0.6) is 17.2 Å². The molecule has 0 saturated carbocycles. The van der Waals surface area contributed by atoms with E-state index in [4.69, 9.17) is 14.2 Å². The lowest BCUT2D eigenvalue weighted by atomic mass is 10.0. The highest BCUT2D eigenvalue weighted by atomic mass is 19.4. The van der Waals surface area contributed by atoms with Gasteiger partial charge in [0.1, 0.15) is 23.0 Å². The molecule has 0 fully saturated rings. The summed E-state index contributed by atoms with van der Waals surface area (Å²) in [7, 11) is 0. The number of unbranched alkanes of at least 4 members (excludes halogenated alkanes) is 1.